The molecule has 2 aromatic rings. The molecule has 0 aromatic heterocycles. The summed E-state index contributed by atoms with van der Waals surface area (Å²) < 4.78 is 22.7. The molecule has 0 saturated carbocycles. The van der Waals surface area contributed by atoms with Gasteiger partial charge in [-0.2, -0.15) is 0 Å². The van der Waals surface area contributed by atoms with Crippen LogP contribution in [0.2, 0.25) is 0 Å². The van der Waals surface area contributed by atoms with Gasteiger partial charge in [-0.1, -0.05) is 0 Å². The number of carbonyl (C=O) groups excluding carboxylic acids is 4. The van der Waals surface area contributed by atoms with Crippen LogP contribution in [0.25, 0.3) is 11.1 Å². The zero-order valence-corrected chi connectivity index (χ0v) is 16.8. The average Bonchev–Trinajstić information content (AvgIpc) is 3.30. The molecule has 3 aliphatic heterocycles. The number of rotatable bonds is 4. The van der Waals surface area contributed by atoms with Gasteiger partial charge in [-0.15, -0.1) is 0 Å². The molecule has 3 aliphatic rings. The van der Waals surface area contributed by atoms with Crippen LogP contribution < -0.4 is 30.7 Å². The first-order valence-corrected chi connectivity index (χ1v) is 10.9. The molecule has 8 nitrogen and oxygen atoms in total. The molecule has 148 valence electrons. The van der Waals surface area contributed by atoms with Crippen LogP contribution in [-0.2, 0) is 28.7 Å². The summed E-state index contributed by atoms with van der Waals surface area (Å²) in [6.07, 6.45) is -2.07. The molecular formula is C20H12IO8-. The standard InChI is InChI=1S/C20H12IO8/c22-17-7-15(19(24)28-17)26-9-1-3-13-11(5-9)12-6-10(2-4-14(12)21-13)27-16-8-18(23)29-20(16)25/h1-6,15-16H,7-8H2/q-1. The van der Waals surface area contributed by atoms with E-state index in [1.54, 1.807) is 12.1 Å². The number of fused-ring (bicyclic) bond motifs is 3. The Hall–Kier alpha value is -2.95. The second-order valence-corrected chi connectivity index (χ2v) is 9.45. The second-order valence-electron chi connectivity index (χ2n) is 6.59. The van der Waals surface area contributed by atoms with E-state index < -0.39 is 57.3 Å². The Kier molecular flexibility index (Phi) is 4.26. The Labute approximate surface area is 174 Å². The minimum atomic E-state index is -0.934. The Morgan fingerprint density at radius 1 is 0.724 bits per heavy atom. The van der Waals surface area contributed by atoms with Crippen molar-refractivity contribution in [1.29, 1.82) is 0 Å². The van der Waals surface area contributed by atoms with Gasteiger partial charge in [0.15, 0.2) is 0 Å². The number of hydrogen-bond acceptors (Lipinski definition) is 8. The van der Waals surface area contributed by atoms with Crippen molar-refractivity contribution in [3.8, 4) is 22.6 Å². The van der Waals surface area contributed by atoms with E-state index in [2.05, 4.69) is 9.47 Å². The summed E-state index contributed by atoms with van der Waals surface area (Å²) in [5, 5.41) is 0. The molecule has 29 heavy (non-hydrogen) atoms. The third kappa shape index (κ3) is 3.35. The van der Waals surface area contributed by atoms with Crippen molar-refractivity contribution in [2.45, 2.75) is 25.0 Å². The predicted octanol–water partition coefficient (Wildman–Crippen LogP) is -1.76. The molecule has 2 saturated heterocycles. The fourth-order valence-corrected chi connectivity index (χ4v) is 6.08. The molecule has 2 atom stereocenters. The van der Waals surface area contributed by atoms with E-state index in [1.165, 1.54) is 7.14 Å². The molecule has 2 unspecified atom stereocenters. The van der Waals surface area contributed by atoms with Gasteiger partial charge in [0.2, 0.25) is 0 Å². The molecule has 2 fully saturated rings. The fourth-order valence-electron chi connectivity index (χ4n) is 3.26. The molecule has 9 heteroatoms. The van der Waals surface area contributed by atoms with E-state index in [-0.39, 0.29) is 12.8 Å². The maximum atomic E-state index is 11.6. The van der Waals surface area contributed by atoms with Crippen molar-refractivity contribution in [2.24, 2.45) is 0 Å². The number of ether oxygens (including phenoxy) is 4. The van der Waals surface area contributed by atoms with E-state index in [4.69, 9.17) is 9.47 Å². The van der Waals surface area contributed by atoms with E-state index in [9.17, 15) is 19.2 Å². The third-order valence-corrected chi connectivity index (χ3v) is 7.63. The van der Waals surface area contributed by atoms with E-state index in [0.717, 1.165) is 11.1 Å². The Morgan fingerprint density at radius 3 is 1.55 bits per heavy atom. The monoisotopic (exact) mass is 507 g/mol. The van der Waals surface area contributed by atoms with Crippen molar-refractivity contribution in [2.75, 3.05) is 0 Å². The number of halogens is 1. The second kappa shape index (κ2) is 6.83. The van der Waals surface area contributed by atoms with Gasteiger partial charge in [0, 0.05) is 0 Å². The van der Waals surface area contributed by atoms with Crippen LogP contribution in [-0.4, -0.2) is 36.1 Å². The van der Waals surface area contributed by atoms with Crippen LogP contribution in [0.5, 0.6) is 11.5 Å². The van der Waals surface area contributed by atoms with E-state index in [1.807, 2.05) is 24.3 Å². The van der Waals surface area contributed by atoms with Crippen molar-refractivity contribution < 1.29 is 59.3 Å². The molecule has 0 radical (unpaired) electrons. The first-order valence-electron chi connectivity index (χ1n) is 8.72. The van der Waals surface area contributed by atoms with Gasteiger partial charge < -0.3 is 0 Å². The first kappa shape index (κ1) is 18.1. The summed E-state index contributed by atoms with van der Waals surface area (Å²) in [6, 6.07) is 11.1. The topological polar surface area (TPSA) is 105 Å². The quantitative estimate of drug-likeness (QED) is 0.233. The zero-order valence-electron chi connectivity index (χ0n) is 14.7. The van der Waals surface area contributed by atoms with Crippen LogP contribution in [0.4, 0.5) is 0 Å². The van der Waals surface area contributed by atoms with E-state index in [0.29, 0.717) is 11.5 Å². The first-order chi connectivity index (χ1) is 14.0. The molecule has 2 aromatic carbocycles. The summed E-state index contributed by atoms with van der Waals surface area (Å²) in [5.74, 6) is -1.62. The molecule has 3 heterocycles. The van der Waals surface area contributed by atoms with Crippen molar-refractivity contribution in [1.82, 2.24) is 0 Å². The fraction of sp³-hybridized carbons (Fsp3) is 0.200. The number of cyclic esters (lactones) is 4. The van der Waals surface area contributed by atoms with Gasteiger partial charge in [0.05, 0.1) is 0 Å². The molecular weight excluding hydrogens is 495 g/mol. The normalized spacial score (nSPS) is 22.5. The third-order valence-electron chi connectivity index (χ3n) is 4.58. The Morgan fingerprint density at radius 2 is 1.17 bits per heavy atom. The molecule has 5 rings (SSSR count). The van der Waals surface area contributed by atoms with Crippen molar-refractivity contribution in [3.05, 3.63) is 43.5 Å². The Balaban J connectivity index is 1.40. The molecule has 0 amide bonds. The molecule has 0 spiro atoms. The van der Waals surface area contributed by atoms with Gasteiger partial charge in [-0.3, -0.25) is 0 Å². The van der Waals surface area contributed by atoms with Crippen molar-refractivity contribution >= 4 is 23.9 Å². The number of benzene rings is 2. The zero-order chi connectivity index (χ0) is 20.1. The van der Waals surface area contributed by atoms with Gasteiger partial charge in [-0.25, -0.2) is 0 Å². The summed E-state index contributed by atoms with van der Waals surface area (Å²) >= 11 is -0.391. The van der Waals surface area contributed by atoms with Crippen LogP contribution in [0.3, 0.4) is 0 Å². The Bertz CT molecular complexity index is 1010. The summed E-state index contributed by atoms with van der Waals surface area (Å²) in [6.45, 7) is 0. The maximum absolute atomic E-state index is 11.6. The van der Waals surface area contributed by atoms with Crippen LogP contribution >= 0.6 is 0 Å². The molecule has 0 aliphatic carbocycles. The summed E-state index contributed by atoms with van der Waals surface area (Å²) in [7, 11) is 0. The van der Waals surface area contributed by atoms with Crippen molar-refractivity contribution in [3.63, 3.8) is 0 Å². The van der Waals surface area contributed by atoms with Gasteiger partial charge in [0.1, 0.15) is 0 Å². The minimum absolute atomic E-state index is 0.104. The van der Waals surface area contributed by atoms with Gasteiger partial charge in [-0.05, 0) is 0 Å². The summed E-state index contributed by atoms with van der Waals surface area (Å²) in [5.41, 5.74) is 1.91. The number of carbonyl (C=O) groups is 4. The van der Waals surface area contributed by atoms with Crippen LogP contribution in [0.15, 0.2) is 36.4 Å². The van der Waals surface area contributed by atoms with E-state index >= 15 is 0 Å². The van der Waals surface area contributed by atoms with Gasteiger partial charge in [0.25, 0.3) is 0 Å². The number of esters is 4. The molecule has 0 bridgehead atoms. The van der Waals surface area contributed by atoms with Crippen LogP contribution in [0.1, 0.15) is 12.8 Å². The number of hydrogen-bond donors (Lipinski definition) is 0. The van der Waals surface area contributed by atoms with Crippen LogP contribution in [0, 0.1) is 7.14 Å². The van der Waals surface area contributed by atoms with Gasteiger partial charge >= 0.3 is 174 Å². The molecule has 0 N–H and O–H groups in total. The SMILES string of the molecule is O=C1CC(Oc2ccc3c(c2)-c2cc(OC4CC(=O)OC4=O)ccc2[I-]3)C(=O)O1. The summed E-state index contributed by atoms with van der Waals surface area (Å²) in [4.78, 5) is 45.8. The predicted molar refractivity (Wildman–Crippen MR) is 89.5 cm³/mol. The average molecular weight is 507 g/mol.